The molecule has 6 heteroatoms. The first-order valence-corrected chi connectivity index (χ1v) is 7.74. The minimum absolute atomic E-state index is 0.125. The van der Waals surface area contributed by atoms with Crippen LogP contribution in [0.1, 0.15) is 32.8 Å². The normalized spacial score (nSPS) is 21.0. The van der Waals surface area contributed by atoms with Gasteiger partial charge in [-0.25, -0.2) is 4.79 Å². The molecule has 0 heterocycles. The maximum absolute atomic E-state index is 11.6. The van der Waals surface area contributed by atoms with E-state index in [0.717, 1.165) is 12.0 Å². The second-order valence-corrected chi connectivity index (χ2v) is 7.12. The topological polar surface area (TPSA) is 70.6 Å². The molecular formula is C15H21BrN2O3. The first-order valence-electron chi connectivity index (χ1n) is 6.95. The van der Waals surface area contributed by atoms with Gasteiger partial charge in [-0.2, -0.15) is 0 Å². The summed E-state index contributed by atoms with van der Waals surface area (Å²) in [6, 6.07) is 5.79. The molecule has 1 aromatic rings. The van der Waals surface area contributed by atoms with Gasteiger partial charge in [0.25, 0.3) is 0 Å². The van der Waals surface area contributed by atoms with Gasteiger partial charge in [-0.05, 0) is 60.8 Å². The third-order valence-corrected chi connectivity index (χ3v) is 3.71. The molecule has 2 atom stereocenters. The number of amides is 1. The Morgan fingerprint density at radius 1 is 1.43 bits per heavy atom. The summed E-state index contributed by atoms with van der Waals surface area (Å²) in [4.78, 5) is 11.6. The molecule has 116 valence electrons. The van der Waals surface area contributed by atoms with Crippen molar-refractivity contribution in [2.24, 2.45) is 0 Å². The average molecular weight is 357 g/mol. The van der Waals surface area contributed by atoms with Crippen LogP contribution in [0.2, 0.25) is 0 Å². The molecule has 1 saturated carbocycles. The first-order chi connectivity index (χ1) is 9.74. The highest BCUT2D eigenvalue weighted by molar-refractivity contribution is 9.10. The number of benzene rings is 1. The van der Waals surface area contributed by atoms with E-state index in [1.54, 1.807) is 6.07 Å². The van der Waals surface area contributed by atoms with Gasteiger partial charge in [0.2, 0.25) is 0 Å². The summed E-state index contributed by atoms with van der Waals surface area (Å²) in [5, 5.41) is 15.6. The summed E-state index contributed by atoms with van der Waals surface area (Å²) in [5.74, 6) is 0.231. The molecule has 1 amide bonds. The van der Waals surface area contributed by atoms with Crippen molar-refractivity contribution in [3.05, 3.63) is 28.2 Å². The van der Waals surface area contributed by atoms with E-state index in [4.69, 9.17) is 4.74 Å². The summed E-state index contributed by atoms with van der Waals surface area (Å²) in [5.41, 5.74) is 0.600. The first kappa shape index (κ1) is 16.1. The van der Waals surface area contributed by atoms with Crippen LogP contribution in [0.3, 0.4) is 0 Å². The lowest BCUT2D eigenvalue weighted by atomic mass is 10.2. The summed E-state index contributed by atoms with van der Waals surface area (Å²) >= 11 is 3.29. The Hall–Kier alpha value is -1.27. The zero-order chi connectivity index (χ0) is 15.6. The van der Waals surface area contributed by atoms with Gasteiger partial charge in [-0.15, -0.1) is 0 Å². The molecule has 0 aliphatic heterocycles. The lowest BCUT2D eigenvalue weighted by Gasteiger charge is -2.19. The molecule has 2 rings (SSSR count). The monoisotopic (exact) mass is 356 g/mol. The van der Waals surface area contributed by atoms with E-state index in [2.05, 4.69) is 26.6 Å². The van der Waals surface area contributed by atoms with E-state index in [-0.39, 0.29) is 23.9 Å². The second kappa shape index (κ2) is 6.23. The van der Waals surface area contributed by atoms with Crippen molar-refractivity contribution in [1.29, 1.82) is 0 Å². The molecule has 1 aromatic carbocycles. The second-order valence-electron chi connectivity index (χ2n) is 6.26. The lowest BCUT2D eigenvalue weighted by Crippen LogP contribution is -2.36. The van der Waals surface area contributed by atoms with Gasteiger partial charge in [-0.1, -0.05) is 6.07 Å². The Kier molecular flexibility index (Phi) is 4.78. The van der Waals surface area contributed by atoms with Crippen molar-refractivity contribution in [3.8, 4) is 5.75 Å². The Bertz CT molecular complexity index is 528. The third kappa shape index (κ3) is 5.21. The minimum atomic E-state index is -0.472. The van der Waals surface area contributed by atoms with Crippen LogP contribution in [-0.2, 0) is 11.3 Å². The Balaban J connectivity index is 1.72. The Morgan fingerprint density at radius 2 is 2.14 bits per heavy atom. The smallest absolute Gasteiger partial charge is 0.407 e. The molecule has 0 aromatic heterocycles. The quantitative estimate of drug-likeness (QED) is 0.775. The van der Waals surface area contributed by atoms with Crippen LogP contribution in [0.15, 0.2) is 22.7 Å². The van der Waals surface area contributed by atoms with Crippen molar-refractivity contribution in [2.45, 2.75) is 51.4 Å². The van der Waals surface area contributed by atoms with E-state index in [1.165, 1.54) is 0 Å². The van der Waals surface area contributed by atoms with E-state index in [1.807, 2.05) is 32.9 Å². The molecule has 5 nitrogen and oxygen atoms in total. The van der Waals surface area contributed by atoms with Gasteiger partial charge in [0.1, 0.15) is 11.4 Å². The Labute approximate surface area is 133 Å². The van der Waals surface area contributed by atoms with Crippen molar-refractivity contribution < 1.29 is 14.6 Å². The van der Waals surface area contributed by atoms with Gasteiger partial charge in [-0.3, -0.25) is 0 Å². The molecule has 3 N–H and O–H groups in total. The van der Waals surface area contributed by atoms with E-state index < -0.39 is 5.60 Å². The number of aromatic hydroxyl groups is 1. The van der Waals surface area contributed by atoms with Gasteiger partial charge in [0.05, 0.1) is 4.47 Å². The number of ether oxygens (including phenoxy) is 1. The Morgan fingerprint density at radius 3 is 2.76 bits per heavy atom. The molecule has 0 saturated heterocycles. The highest BCUT2D eigenvalue weighted by Crippen LogP contribution is 2.26. The predicted molar refractivity (Wildman–Crippen MR) is 84.2 cm³/mol. The molecule has 1 aliphatic carbocycles. The van der Waals surface area contributed by atoms with Gasteiger partial charge < -0.3 is 20.5 Å². The van der Waals surface area contributed by atoms with Crippen LogP contribution in [0.4, 0.5) is 4.79 Å². The maximum atomic E-state index is 11.6. The number of carbonyl (C=O) groups excluding carboxylic acids is 1. The number of halogens is 1. The molecular weight excluding hydrogens is 336 g/mol. The molecule has 2 unspecified atom stereocenters. The zero-order valence-corrected chi connectivity index (χ0v) is 14.0. The fraction of sp³-hybridized carbons (Fsp3) is 0.533. The number of hydrogen-bond donors (Lipinski definition) is 3. The number of hydrogen-bond acceptors (Lipinski definition) is 4. The van der Waals surface area contributed by atoms with Crippen LogP contribution >= 0.6 is 15.9 Å². The summed E-state index contributed by atoms with van der Waals surface area (Å²) in [6.45, 7) is 6.23. The minimum Gasteiger partial charge on any atom is -0.507 e. The zero-order valence-electron chi connectivity index (χ0n) is 12.4. The average Bonchev–Trinajstić information content (AvgIpc) is 3.06. The fourth-order valence-corrected chi connectivity index (χ4v) is 2.37. The van der Waals surface area contributed by atoms with Crippen molar-refractivity contribution in [2.75, 3.05) is 0 Å². The largest absolute Gasteiger partial charge is 0.507 e. The SMILES string of the molecule is CC(C)(C)OC(=O)NC1CC1NCc1ccc(O)c(Br)c1. The van der Waals surface area contributed by atoms with Crippen LogP contribution in [0.5, 0.6) is 5.75 Å². The third-order valence-electron chi connectivity index (χ3n) is 3.07. The van der Waals surface area contributed by atoms with Crippen molar-refractivity contribution >= 4 is 22.0 Å². The van der Waals surface area contributed by atoms with Crippen LogP contribution in [0.25, 0.3) is 0 Å². The van der Waals surface area contributed by atoms with E-state index in [9.17, 15) is 9.90 Å². The highest BCUT2D eigenvalue weighted by Gasteiger charge is 2.38. The highest BCUT2D eigenvalue weighted by atomic mass is 79.9. The number of phenolic OH excluding ortho intramolecular Hbond substituents is 1. The van der Waals surface area contributed by atoms with Crippen molar-refractivity contribution in [3.63, 3.8) is 0 Å². The van der Waals surface area contributed by atoms with Gasteiger partial charge in [0, 0.05) is 18.6 Å². The van der Waals surface area contributed by atoms with Crippen LogP contribution < -0.4 is 10.6 Å². The maximum Gasteiger partial charge on any atom is 0.407 e. The van der Waals surface area contributed by atoms with Gasteiger partial charge >= 0.3 is 6.09 Å². The predicted octanol–water partition coefficient (Wildman–Crippen LogP) is 2.91. The number of alkyl carbamates (subject to hydrolysis) is 1. The van der Waals surface area contributed by atoms with E-state index in [0.29, 0.717) is 11.0 Å². The number of phenols is 1. The lowest BCUT2D eigenvalue weighted by molar-refractivity contribution is 0.0522. The molecule has 0 bridgehead atoms. The number of carbonyl (C=O) groups is 1. The summed E-state index contributed by atoms with van der Waals surface area (Å²) in [6.07, 6.45) is 0.530. The fourth-order valence-electron chi connectivity index (χ4n) is 1.95. The molecule has 1 aliphatic rings. The standard InChI is InChI=1S/C15H21BrN2O3/c1-15(2,3)21-14(20)18-12-7-11(12)17-8-9-4-5-13(19)10(16)6-9/h4-6,11-12,17,19H,7-8H2,1-3H3,(H,18,20). The van der Waals surface area contributed by atoms with E-state index >= 15 is 0 Å². The molecule has 0 radical (unpaired) electrons. The summed E-state index contributed by atoms with van der Waals surface area (Å²) < 4.78 is 5.90. The molecule has 1 fully saturated rings. The van der Waals surface area contributed by atoms with Crippen LogP contribution in [-0.4, -0.2) is 28.9 Å². The molecule has 21 heavy (non-hydrogen) atoms. The number of rotatable bonds is 4. The van der Waals surface area contributed by atoms with Gasteiger partial charge in [0.15, 0.2) is 0 Å². The molecule has 0 spiro atoms. The van der Waals surface area contributed by atoms with Crippen LogP contribution in [0, 0.1) is 0 Å². The van der Waals surface area contributed by atoms with Crippen molar-refractivity contribution in [1.82, 2.24) is 10.6 Å². The summed E-state index contributed by atoms with van der Waals surface area (Å²) in [7, 11) is 0. The number of nitrogens with one attached hydrogen (secondary N) is 2.